The lowest BCUT2D eigenvalue weighted by Crippen LogP contribution is -2.17. The molecule has 0 fully saturated rings. The zero-order chi connectivity index (χ0) is 15.8. The van der Waals surface area contributed by atoms with Gasteiger partial charge in [-0.2, -0.15) is 5.10 Å². The molecule has 0 aliphatic rings. The molecule has 2 rings (SSSR count). The molecule has 0 radical (unpaired) electrons. The molecule has 5 heteroatoms. The van der Waals surface area contributed by atoms with Crippen LogP contribution in [0.4, 0.5) is 0 Å². The fraction of sp³-hybridized carbons (Fsp3) is 0.0588. The molecule has 1 amide bonds. The van der Waals surface area contributed by atoms with Crippen molar-refractivity contribution in [3.05, 3.63) is 64.1 Å². The number of halogens is 1. The Labute approximate surface area is 137 Å². The quantitative estimate of drug-likeness (QED) is 0.508. The Bertz CT molecular complexity index is 721. The molecule has 0 heterocycles. The Kier molecular flexibility index (Phi) is 5.75. The first-order valence-corrected chi connectivity index (χ1v) is 7.24. The largest absolute Gasteiger partial charge is 0.480 e. The maximum Gasteiger partial charge on any atom is 0.271 e. The van der Waals surface area contributed by atoms with Gasteiger partial charge in [-0.1, -0.05) is 40.0 Å². The van der Waals surface area contributed by atoms with Crippen LogP contribution in [0.1, 0.15) is 15.9 Å². The highest BCUT2D eigenvalue weighted by atomic mass is 79.9. The number of hydrogen-bond donors (Lipinski definition) is 1. The molecule has 4 nitrogen and oxygen atoms in total. The Balaban J connectivity index is 2.08. The van der Waals surface area contributed by atoms with E-state index in [0.717, 1.165) is 4.47 Å². The van der Waals surface area contributed by atoms with Crippen LogP contribution >= 0.6 is 15.9 Å². The fourth-order valence-electron chi connectivity index (χ4n) is 1.69. The summed E-state index contributed by atoms with van der Waals surface area (Å²) in [6.07, 6.45) is 6.70. The summed E-state index contributed by atoms with van der Waals surface area (Å²) in [7, 11) is 0. The highest BCUT2D eigenvalue weighted by Gasteiger charge is 2.04. The summed E-state index contributed by atoms with van der Waals surface area (Å²) in [6.45, 7) is 0.166. The Morgan fingerprint density at radius 2 is 2.09 bits per heavy atom. The Morgan fingerprint density at radius 1 is 1.32 bits per heavy atom. The zero-order valence-corrected chi connectivity index (χ0v) is 13.2. The van der Waals surface area contributed by atoms with Crippen LogP contribution in [0.25, 0.3) is 0 Å². The molecule has 22 heavy (non-hydrogen) atoms. The third-order valence-electron chi connectivity index (χ3n) is 2.69. The minimum absolute atomic E-state index is 0.166. The van der Waals surface area contributed by atoms with Crippen molar-refractivity contribution in [3.8, 4) is 18.1 Å². The van der Waals surface area contributed by atoms with Crippen LogP contribution in [-0.4, -0.2) is 18.7 Å². The average Bonchev–Trinajstić information content (AvgIpc) is 2.55. The highest BCUT2D eigenvalue weighted by Crippen LogP contribution is 2.21. The normalized spacial score (nSPS) is 10.2. The Hall–Kier alpha value is -2.58. The molecule has 0 bridgehead atoms. The van der Waals surface area contributed by atoms with Gasteiger partial charge in [-0.05, 0) is 30.3 Å². The first-order valence-electron chi connectivity index (χ1n) is 6.45. The van der Waals surface area contributed by atoms with Gasteiger partial charge in [0, 0.05) is 15.6 Å². The predicted octanol–water partition coefficient (Wildman–Crippen LogP) is 3.23. The molecular formula is C17H13BrN2O2. The summed E-state index contributed by atoms with van der Waals surface area (Å²) in [5.74, 6) is 2.72. The smallest absolute Gasteiger partial charge is 0.271 e. The number of ether oxygens (including phenoxy) is 1. The fourth-order valence-corrected chi connectivity index (χ4v) is 2.06. The van der Waals surface area contributed by atoms with Gasteiger partial charge in [0.15, 0.2) is 0 Å². The van der Waals surface area contributed by atoms with E-state index in [1.165, 1.54) is 6.21 Å². The van der Waals surface area contributed by atoms with Crippen molar-refractivity contribution in [2.75, 3.05) is 6.61 Å². The van der Waals surface area contributed by atoms with E-state index >= 15 is 0 Å². The second-order valence-corrected chi connectivity index (χ2v) is 5.16. The van der Waals surface area contributed by atoms with Crippen molar-refractivity contribution in [2.45, 2.75) is 0 Å². The number of benzene rings is 2. The summed E-state index contributed by atoms with van der Waals surface area (Å²) in [5.41, 5.74) is 3.72. The zero-order valence-electron chi connectivity index (χ0n) is 11.6. The van der Waals surface area contributed by atoms with Crippen LogP contribution in [0.3, 0.4) is 0 Å². The van der Waals surface area contributed by atoms with Crippen molar-refractivity contribution in [2.24, 2.45) is 5.10 Å². The molecule has 0 saturated heterocycles. The van der Waals surface area contributed by atoms with E-state index in [1.807, 2.05) is 18.2 Å². The SMILES string of the molecule is C#CCOc1ccc(Br)cc1/C=N\NC(=O)c1ccccc1. The maximum absolute atomic E-state index is 11.9. The number of hydrogen-bond acceptors (Lipinski definition) is 3. The van der Waals surface area contributed by atoms with Gasteiger partial charge in [-0.15, -0.1) is 6.42 Å². The van der Waals surface area contributed by atoms with Crippen LogP contribution in [0.15, 0.2) is 58.1 Å². The van der Waals surface area contributed by atoms with Gasteiger partial charge in [0.25, 0.3) is 5.91 Å². The van der Waals surface area contributed by atoms with Crippen LogP contribution in [-0.2, 0) is 0 Å². The van der Waals surface area contributed by atoms with Gasteiger partial charge < -0.3 is 4.74 Å². The summed E-state index contributed by atoms with van der Waals surface area (Å²) < 4.78 is 6.29. The first kappa shape index (κ1) is 15.8. The van der Waals surface area contributed by atoms with E-state index < -0.39 is 0 Å². The van der Waals surface area contributed by atoms with Gasteiger partial charge in [-0.25, -0.2) is 5.43 Å². The molecule has 0 aliphatic carbocycles. The van der Waals surface area contributed by atoms with E-state index in [4.69, 9.17) is 11.2 Å². The lowest BCUT2D eigenvalue weighted by atomic mass is 10.2. The van der Waals surface area contributed by atoms with Crippen molar-refractivity contribution in [1.29, 1.82) is 0 Å². The number of terminal acetylenes is 1. The number of nitrogens with zero attached hydrogens (tertiary/aromatic N) is 1. The molecule has 2 aromatic rings. The first-order chi connectivity index (χ1) is 10.7. The summed E-state index contributed by atoms with van der Waals surface area (Å²) >= 11 is 3.38. The average molecular weight is 357 g/mol. The topological polar surface area (TPSA) is 50.7 Å². The van der Waals surface area contributed by atoms with Gasteiger partial charge >= 0.3 is 0 Å². The van der Waals surface area contributed by atoms with E-state index in [9.17, 15) is 4.79 Å². The second-order valence-electron chi connectivity index (χ2n) is 4.24. The lowest BCUT2D eigenvalue weighted by Gasteiger charge is -2.06. The van der Waals surface area contributed by atoms with Crippen molar-refractivity contribution in [1.82, 2.24) is 5.43 Å². The molecule has 1 N–H and O–H groups in total. The van der Waals surface area contributed by atoms with E-state index in [-0.39, 0.29) is 12.5 Å². The maximum atomic E-state index is 11.9. The summed E-state index contributed by atoms with van der Waals surface area (Å²) in [4.78, 5) is 11.9. The van der Waals surface area contributed by atoms with E-state index in [0.29, 0.717) is 16.9 Å². The van der Waals surface area contributed by atoms with Crippen molar-refractivity contribution < 1.29 is 9.53 Å². The Morgan fingerprint density at radius 3 is 2.82 bits per heavy atom. The molecule has 0 atom stereocenters. The molecule has 0 aliphatic heterocycles. The molecule has 0 unspecified atom stereocenters. The minimum Gasteiger partial charge on any atom is -0.480 e. The standard InChI is InChI=1S/C17H13BrN2O2/c1-2-10-22-16-9-8-15(18)11-14(16)12-19-20-17(21)13-6-4-3-5-7-13/h1,3-9,11-12H,10H2,(H,20,21)/b19-12-. The van der Waals surface area contributed by atoms with Crippen molar-refractivity contribution >= 4 is 28.1 Å². The molecule has 0 spiro atoms. The minimum atomic E-state index is -0.280. The third-order valence-corrected chi connectivity index (χ3v) is 3.18. The number of amides is 1. The molecule has 2 aromatic carbocycles. The molecule has 110 valence electrons. The van der Waals surface area contributed by atoms with Gasteiger partial charge in [0.1, 0.15) is 12.4 Å². The van der Waals surface area contributed by atoms with Crippen LogP contribution in [0, 0.1) is 12.3 Å². The summed E-state index contributed by atoms with van der Waals surface area (Å²) in [5, 5.41) is 3.95. The number of carbonyl (C=O) groups excluding carboxylic acids is 1. The molecule has 0 saturated carbocycles. The van der Waals surface area contributed by atoms with E-state index in [2.05, 4.69) is 32.4 Å². The monoisotopic (exact) mass is 356 g/mol. The van der Waals surface area contributed by atoms with Gasteiger partial charge in [-0.3, -0.25) is 4.79 Å². The highest BCUT2D eigenvalue weighted by molar-refractivity contribution is 9.10. The van der Waals surface area contributed by atoms with Crippen LogP contribution in [0.2, 0.25) is 0 Å². The van der Waals surface area contributed by atoms with Crippen LogP contribution < -0.4 is 10.2 Å². The predicted molar refractivity (Wildman–Crippen MR) is 90.0 cm³/mol. The van der Waals surface area contributed by atoms with Gasteiger partial charge in [0.05, 0.1) is 6.21 Å². The lowest BCUT2D eigenvalue weighted by molar-refractivity contribution is 0.0955. The third kappa shape index (κ3) is 4.47. The van der Waals surface area contributed by atoms with Gasteiger partial charge in [0.2, 0.25) is 0 Å². The molecular weight excluding hydrogens is 344 g/mol. The number of carbonyl (C=O) groups is 1. The van der Waals surface area contributed by atoms with Crippen LogP contribution in [0.5, 0.6) is 5.75 Å². The number of hydrazone groups is 1. The number of nitrogens with one attached hydrogen (secondary N) is 1. The van der Waals surface area contributed by atoms with E-state index in [1.54, 1.807) is 30.3 Å². The number of rotatable bonds is 5. The summed E-state index contributed by atoms with van der Waals surface area (Å²) in [6, 6.07) is 14.3. The van der Waals surface area contributed by atoms with Crippen molar-refractivity contribution in [3.63, 3.8) is 0 Å². The second kappa shape index (κ2) is 8.01. The molecule has 0 aromatic heterocycles.